The number of rotatable bonds is 3. The van der Waals surface area contributed by atoms with Gasteiger partial charge in [0.15, 0.2) is 0 Å². The molecule has 5 nitrogen and oxygen atoms in total. The first-order valence-electron chi connectivity index (χ1n) is 6.67. The van der Waals surface area contributed by atoms with E-state index >= 15 is 0 Å². The lowest BCUT2D eigenvalue weighted by Gasteiger charge is -2.14. The maximum Gasteiger partial charge on any atom is 0.417 e. The van der Waals surface area contributed by atoms with Crippen molar-refractivity contribution in [3.05, 3.63) is 60.6 Å². The SMILES string of the molecule is O=S(=O)(Nc1cccc2cccnc12)c1cnccc1C(F)(F)F. The molecule has 0 atom stereocenters. The van der Waals surface area contributed by atoms with Crippen LogP contribution in [-0.2, 0) is 16.2 Å². The number of fused-ring (bicyclic) bond motifs is 1. The van der Waals surface area contributed by atoms with Crippen molar-refractivity contribution in [2.75, 3.05) is 4.72 Å². The Morgan fingerprint density at radius 2 is 1.75 bits per heavy atom. The maximum absolute atomic E-state index is 13.0. The highest BCUT2D eigenvalue weighted by Gasteiger charge is 2.37. The number of pyridine rings is 2. The fourth-order valence-electron chi connectivity index (χ4n) is 2.21. The van der Waals surface area contributed by atoms with Crippen molar-refractivity contribution >= 4 is 26.6 Å². The minimum atomic E-state index is -4.82. The van der Waals surface area contributed by atoms with E-state index in [1.165, 1.54) is 12.3 Å². The van der Waals surface area contributed by atoms with Crippen LogP contribution in [0, 0.1) is 0 Å². The molecule has 0 bridgehead atoms. The number of anilines is 1. The summed E-state index contributed by atoms with van der Waals surface area (Å²) in [5.41, 5.74) is -0.857. The first kappa shape index (κ1) is 16.2. The van der Waals surface area contributed by atoms with Gasteiger partial charge in [0.1, 0.15) is 4.90 Å². The summed E-state index contributed by atoms with van der Waals surface area (Å²) in [7, 11) is -4.49. The molecule has 0 radical (unpaired) electrons. The molecule has 2 aromatic heterocycles. The summed E-state index contributed by atoms with van der Waals surface area (Å²) in [5, 5.41) is 0.653. The first-order chi connectivity index (χ1) is 11.3. The molecule has 0 saturated heterocycles. The largest absolute Gasteiger partial charge is 0.417 e. The zero-order valence-corrected chi connectivity index (χ0v) is 12.8. The van der Waals surface area contributed by atoms with Crippen molar-refractivity contribution in [2.45, 2.75) is 11.1 Å². The average molecular weight is 353 g/mol. The highest BCUT2D eigenvalue weighted by Crippen LogP contribution is 2.34. The average Bonchev–Trinajstić information content (AvgIpc) is 2.54. The van der Waals surface area contributed by atoms with Gasteiger partial charge in [-0.1, -0.05) is 18.2 Å². The van der Waals surface area contributed by atoms with Gasteiger partial charge in [-0.05, 0) is 18.2 Å². The number of benzene rings is 1. The fourth-order valence-corrected chi connectivity index (χ4v) is 3.45. The molecule has 0 saturated carbocycles. The third-order valence-electron chi connectivity index (χ3n) is 3.26. The van der Waals surface area contributed by atoms with Crippen LogP contribution in [0.25, 0.3) is 10.9 Å². The minimum Gasteiger partial charge on any atom is -0.277 e. The van der Waals surface area contributed by atoms with Crippen LogP contribution < -0.4 is 4.72 Å². The summed E-state index contributed by atoms with van der Waals surface area (Å²) in [5.74, 6) is 0. The summed E-state index contributed by atoms with van der Waals surface area (Å²) in [6.07, 6.45) is -1.79. The second-order valence-electron chi connectivity index (χ2n) is 4.86. The molecule has 1 N–H and O–H groups in total. The van der Waals surface area contributed by atoms with Crippen LogP contribution in [0.15, 0.2) is 59.9 Å². The zero-order valence-electron chi connectivity index (χ0n) is 11.9. The Hall–Kier alpha value is -2.68. The maximum atomic E-state index is 13.0. The Bertz CT molecular complexity index is 999. The Morgan fingerprint density at radius 1 is 1.00 bits per heavy atom. The molecule has 9 heteroatoms. The smallest absolute Gasteiger partial charge is 0.277 e. The van der Waals surface area contributed by atoms with E-state index in [9.17, 15) is 21.6 Å². The van der Waals surface area contributed by atoms with Crippen LogP contribution in [-0.4, -0.2) is 18.4 Å². The van der Waals surface area contributed by atoms with E-state index in [0.29, 0.717) is 23.2 Å². The summed E-state index contributed by atoms with van der Waals surface area (Å²) in [4.78, 5) is 6.62. The van der Waals surface area contributed by atoms with Crippen LogP contribution in [0.3, 0.4) is 0 Å². The third kappa shape index (κ3) is 3.02. The quantitative estimate of drug-likeness (QED) is 0.783. The predicted octanol–water partition coefficient (Wildman–Crippen LogP) is 3.45. The number of aromatic nitrogens is 2. The van der Waals surface area contributed by atoms with Gasteiger partial charge in [-0.25, -0.2) is 8.42 Å². The second kappa shape index (κ2) is 5.75. The predicted molar refractivity (Wildman–Crippen MR) is 81.8 cm³/mol. The van der Waals surface area contributed by atoms with E-state index < -0.39 is 26.7 Å². The molecule has 0 unspecified atom stereocenters. The summed E-state index contributed by atoms with van der Waals surface area (Å²) in [6, 6.07) is 8.72. The number of sulfonamides is 1. The summed E-state index contributed by atoms with van der Waals surface area (Å²) >= 11 is 0. The lowest BCUT2D eigenvalue weighted by Crippen LogP contribution is -2.19. The monoisotopic (exact) mass is 353 g/mol. The van der Waals surface area contributed by atoms with Crippen molar-refractivity contribution in [1.29, 1.82) is 0 Å². The number of nitrogens with one attached hydrogen (secondary N) is 1. The molecule has 0 aliphatic heterocycles. The molecule has 3 rings (SSSR count). The Morgan fingerprint density at radius 3 is 2.50 bits per heavy atom. The normalized spacial score (nSPS) is 12.3. The Labute approximate surface area is 135 Å². The van der Waals surface area contributed by atoms with Crippen LogP contribution in [0.5, 0.6) is 0 Å². The van der Waals surface area contributed by atoms with E-state index in [2.05, 4.69) is 14.7 Å². The second-order valence-corrected chi connectivity index (χ2v) is 6.51. The van der Waals surface area contributed by atoms with Crippen molar-refractivity contribution in [1.82, 2.24) is 9.97 Å². The lowest BCUT2D eigenvalue weighted by atomic mass is 10.2. The molecule has 0 amide bonds. The molecule has 2 heterocycles. The number of halogens is 3. The van der Waals surface area contributed by atoms with Gasteiger partial charge in [0.25, 0.3) is 10.0 Å². The summed E-state index contributed by atoms with van der Waals surface area (Å²) in [6.45, 7) is 0. The number of hydrogen-bond acceptors (Lipinski definition) is 4. The topological polar surface area (TPSA) is 72.0 Å². The van der Waals surface area contributed by atoms with E-state index in [-0.39, 0.29) is 5.69 Å². The van der Waals surface area contributed by atoms with Gasteiger partial charge >= 0.3 is 6.18 Å². The minimum absolute atomic E-state index is 0.0880. The third-order valence-corrected chi connectivity index (χ3v) is 4.65. The van der Waals surface area contributed by atoms with Crippen molar-refractivity contribution in [2.24, 2.45) is 0 Å². The molecular formula is C15H10F3N3O2S. The molecule has 1 aromatic carbocycles. The molecule has 0 aliphatic rings. The van der Waals surface area contributed by atoms with Crippen LogP contribution in [0.4, 0.5) is 18.9 Å². The summed E-state index contributed by atoms with van der Waals surface area (Å²) < 4.78 is 66.1. The zero-order chi connectivity index (χ0) is 17.4. The highest BCUT2D eigenvalue weighted by atomic mass is 32.2. The van der Waals surface area contributed by atoms with Crippen LogP contribution in [0.2, 0.25) is 0 Å². The van der Waals surface area contributed by atoms with Crippen LogP contribution in [0.1, 0.15) is 5.56 Å². The lowest BCUT2D eigenvalue weighted by molar-refractivity contribution is -0.139. The van der Waals surface area contributed by atoms with Gasteiger partial charge in [-0.15, -0.1) is 0 Å². The highest BCUT2D eigenvalue weighted by molar-refractivity contribution is 7.92. The first-order valence-corrected chi connectivity index (χ1v) is 8.15. The van der Waals surface area contributed by atoms with Crippen LogP contribution >= 0.6 is 0 Å². The molecule has 0 fully saturated rings. The van der Waals surface area contributed by atoms with E-state index in [0.717, 1.165) is 6.20 Å². The molecule has 3 aromatic rings. The number of hydrogen-bond donors (Lipinski definition) is 1. The standard InChI is InChI=1S/C15H10F3N3O2S/c16-15(17,18)11-6-8-19-9-13(11)24(22,23)21-12-5-1-3-10-4-2-7-20-14(10)12/h1-9,21H. The van der Waals surface area contributed by atoms with Crippen molar-refractivity contribution in [3.63, 3.8) is 0 Å². The van der Waals surface area contributed by atoms with Gasteiger partial charge in [0, 0.05) is 24.0 Å². The van der Waals surface area contributed by atoms with E-state index in [4.69, 9.17) is 0 Å². The van der Waals surface area contributed by atoms with Gasteiger partial charge < -0.3 is 0 Å². The molecular weight excluding hydrogens is 343 g/mol. The Kier molecular flexibility index (Phi) is 3.88. The Balaban J connectivity index is 2.10. The van der Waals surface area contributed by atoms with Gasteiger partial charge in [0.05, 0.1) is 16.8 Å². The van der Waals surface area contributed by atoms with Gasteiger partial charge in [-0.2, -0.15) is 13.2 Å². The van der Waals surface area contributed by atoms with E-state index in [1.54, 1.807) is 24.3 Å². The van der Waals surface area contributed by atoms with Gasteiger partial charge in [0.2, 0.25) is 0 Å². The number of nitrogens with zero attached hydrogens (tertiary/aromatic N) is 2. The van der Waals surface area contributed by atoms with Crippen molar-refractivity contribution < 1.29 is 21.6 Å². The molecule has 0 spiro atoms. The number of alkyl halides is 3. The van der Waals surface area contributed by atoms with Gasteiger partial charge in [-0.3, -0.25) is 14.7 Å². The fraction of sp³-hybridized carbons (Fsp3) is 0.0667. The number of para-hydroxylation sites is 1. The molecule has 0 aliphatic carbocycles. The molecule has 124 valence electrons. The van der Waals surface area contributed by atoms with Crippen molar-refractivity contribution in [3.8, 4) is 0 Å². The molecule has 24 heavy (non-hydrogen) atoms. The van der Waals surface area contributed by atoms with E-state index in [1.807, 2.05) is 0 Å².